The molecule has 3 rings (SSSR count). The molecule has 0 fully saturated rings. The lowest BCUT2D eigenvalue weighted by Gasteiger charge is -2.17. The molecule has 0 bridgehead atoms. The van der Waals surface area contributed by atoms with E-state index in [2.05, 4.69) is 31.1 Å². The number of hydrogen-bond acceptors (Lipinski definition) is 6. The molecule has 0 radical (unpaired) electrons. The Morgan fingerprint density at radius 1 is 1.20 bits per heavy atom. The van der Waals surface area contributed by atoms with Crippen LogP contribution in [0.25, 0.3) is 11.5 Å². The molecule has 1 aromatic carbocycles. The summed E-state index contributed by atoms with van der Waals surface area (Å²) < 4.78 is 6.56. The lowest BCUT2D eigenvalue weighted by Crippen LogP contribution is -2.27. The number of hydrogen-bond donors (Lipinski definition) is 0. The van der Waals surface area contributed by atoms with Gasteiger partial charge in [0.15, 0.2) is 0 Å². The highest BCUT2D eigenvalue weighted by Crippen LogP contribution is 2.23. The molecule has 128 valence electrons. The second kappa shape index (κ2) is 8.26. The molecule has 0 aliphatic carbocycles. The average molecular weight is 419 g/mol. The van der Waals surface area contributed by atoms with Crippen LogP contribution in [-0.2, 0) is 11.3 Å². The standard InChI is InChI=1S/C17H15BrN4O2S/c1-22(10-13-4-2-3-5-14(13)18)15(23)11-25-17-21-20-16(24-17)12-6-8-19-9-7-12/h2-9H,10-11H2,1H3. The molecule has 25 heavy (non-hydrogen) atoms. The topological polar surface area (TPSA) is 72.1 Å². The zero-order valence-corrected chi connectivity index (χ0v) is 15.8. The van der Waals surface area contributed by atoms with Crippen molar-refractivity contribution in [2.75, 3.05) is 12.8 Å². The van der Waals surface area contributed by atoms with Crippen LogP contribution in [0.3, 0.4) is 0 Å². The van der Waals surface area contributed by atoms with E-state index >= 15 is 0 Å². The van der Waals surface area contributed by atoms with Crippen molar-refractivity contribution in [2.24, 2.45) is 0 Å². The number of halogens is 1. The summed E-state index contributed by atoms with van der Waals surface area (Å²) in [7, 11) is 1.78. The first kappa shape index (κ1) is 17.6. The SMILES string of the molecule is CN(Cc1ccccc1Br)C(=O)CSc1nnc(-c2ccncc2)o1. The van der Waals surface area contributed by atoms with Gasteiger partial charge in [0.25, 0.3) is 5.22 Å². The molecule has 3 aromatic rings. The largest absolute Gasteiger partial charge is 0.411 e. The molecule has 0 saturated carbocycles. The number of pyridine rings is 1. The number of amides is 1. The van der Waals surface area contributed by atoms with Crippen molar-refractivity contribution in [3.63, 3.8) is 0 Å². The van der Waals surface area contributed by atoms with Crippen molar-refractivity contribution in [1.82, 2.24) is 20.1 Å². The van der Waals surface area contributed by atoms with Crippen LogP contribution in [0.4, 0.5) is 0 Å². The third-order valence-corrected chi connectivity index (χ3v) is 5.02. The van der Waals surface area contributed by atoms with Gasteiger partial charge in [-0.3, -0.25) is 9.78 Å². The highest BCUT2D eigenvalue weighted by Gasteiger charge is 2.14. The Morgan fingerprint density at radius 3 is 2.72 bits per heavy atom. The van der Waals surface area contributed by atoms with E-state index in [-0.39, 0.29) is 11.7 Å². The van der Waals surface area contributed by atoms with Crippen LogP contribution in [0.15, 0.2) is 62.9 Å². The molecule has 0 saturated heterocycles. The van der Waals surface area contributed by atoms with E-state index in [4.69, 9.17) is 4.42 Å². The Labute approximate surface area is 157 Å². The molecule has 0 unspecified atom stereocenters. The number of nitrogens with zero attached hydrogens (tertiary/aromatic N) is 4. The summed E-state index contributed by atoms with van der Waals surface area (Å²) >= 11 is 4.72. The highest BCUT2D eigenvalue weighted by molar-refractivity contribution is 9.10. The van der Waals surface area contributed by atoms with E-state index < -0.39 is 0 Å². The van der Waals surface area contributed by atoms with Crippen LogP contribution in [0.5, 0.6) is 0 Å². The normalized spacial score (nSPS) is 10.6. The van der Waals surface area contributed by atoms with Crippen molar-refractivity contribution in [2.45, 2.75) is 11.8 Å². The lowest BCUT2D eigenvalue weighted by atomic mass is 10.2. The number of thioether (sulfide) groups is 1. The summed E-state index contributed by atoms with van der Waals surface area (Å²) in [5, 5.41) is 8.33. The van der Waals surface area contributed by atoms with Crippen molar-refractivity contribution >= 4 is 33.6 Å². The summed E-state index contributed by atoms with van der Waals surface area (Å²) in [5.41, 5.74) is 1.85. The zero-order valence-electron chi connectivity index (χ0n) is 13.4. The van der Waals surface area contributed by atoms with Crippen molar-refractivity contribution in [3.05, 3.63) is 58.8 Å². The van der Waals surface area contributed by atoms with Gasteiger partial charge in [-0.05, 0) is 23.8 Å². The van der Waals surface area contributed by atoms with Crippen LogP contribution >= 0.6 is 27.7 Å². The van der Waals surface area contributed by atoms with Gasteiger partial charge in [-0.25, -0.2) is 0 Å². The minimum Gasteiger partial charge on any atom is -0.411 e. The van der Waals surface area contributed by atoms with Gasteiger partial charge in [0.05, 0.1) is 5.75 Å². The van der Waals surface area contributed by atoms with E-state index in [9.17, 15) is 4.79 Å². The lowest BCUT2D eigenvalue weighted by molar-refractivity contribution is -0.127. The number of carbonyl (C=O) groups excluding carboxylic acids is 1. The van der Waals surface area contributed by atoms with Gasteiger partial charge in [0.1, 0.15) is 0 Å². The van der Waals surface area contributed by atoms with E-state index in [1.165, 1.54) is 11.8 Å². The van der Waals surface area contributed by atoms with Gasteiger partial charge in [0, 0.05) is 36.0 Å². The number of aromatic nitrogens is 3. The molecular formula is C17H15BrN4O2S. The van der Waals surface area contributed by atoms with Crippen LogP contribution in [0.1, 0.15) is 5.56 Å². The highest BCUT2D eigenvalue weighted by atomic mass is 79.9. The molecule has 0 aliphatic rings. The Balaban J connectivity index is 1.55. The van der Waals surface area contributed by atoms with Crippen molar-refractivity contribution < 1.29 is 9.21 Å². The van der Waals surface area contributed by atoms with Gasteiger partial charge in [-0.15, -0.1) is 10.2 Å². The van der Waals surface area contributed by atoms with Crippen LogP contribution in [0.2, 0.25) is 0 Å². The predicted molar refractivity (Wildman–Crippen MR) is 98.9 cm³/mol. The molecular weight excluding hydrogens is 404 g/mol. The molecule has 2 heterocycles. The molecule has 0 spiro atoms. The van der Waals surface area contributed by atoms with Crippen molar-refractivity contribution in [1.29, 1.82) is 0 Å². The molecule has 0 aliphatic heterocycles. The van der Waals surface area contributed by atoms with Gasteiger partial charge in [-0.1, -0.05) is 45.9 Å². The second-order valence-electron chi connectivity index (χ2n) is 5.24. The summed E-state index contributed by atoms with van der Waals surface area (Å²) in [6.45, 7) is 0.535. The fraction of sp³-hybridized carbons (Fsp3) is 0.176. The first-order valence-corrected chi connectivity index (χ1v) is 9.25. The molecule has 8 heteroatoms. The van der Waals surface area contributed by atoms with E-state index in [1.807, 2.05) is 24.3 Å². The average Bonchev–Trinajstić information content (AvgIpc) is 3.11. The Bertz CT molecular complexity index is 857. The summed E-state index contributed by atoms with van der Waals surface area (Å²) in [4.78, 5) is 17.9. The quantitative estimate of drug-likeness (QED) is 0.568. The van der Waals surface area contributed by atoms with E-state index in [0.717, 1.165) is 15.6 Å². The Morgan fingerprint density at radius 2 is 1.96 bits per heavy atom. The fourth-order valence-corrected chi connectivity index (χ4v) is 3.20. The predicted octanol–water partition coefficient (Wildman–Crippen LogP) is 3.64. The van der Waals surface area contributed by atoms with Crippen LogP contribution in [-0.4, -0.2) is 38.8 Å². The first-order valence-electron chi connectivity index (χ1n) is 7.47. The first-order chi connectivity index (χ1) is 12.1. The molecule has 6 nitrogen and oxygen atoms in total. The maximum atomic E-state index is 12.3. The summed E-state index contributed by atoms with van der Waals surface area (Å²) in [5.74, 6) is 0.641. The third kappa shape index (κ3) is 4.67. The van der Waals surface area contributed by atoms with Crippen LogP contribution < -0.4 is 0 Å². The smallest absolute Gasteiger partial charge is 0.277 e. The van der Waals surface area contributed by atoms with E-state index in [0.29, 0.717) is 17.7 Å². The van der Waals surface area contributed by atoms with Crippen molar-refractivity contribution in [3.8, 4) is 11.5 Å². The van der Waals surface area contributed by atoms with Gasteiger partial charge in [-0.2, -0.15) is 0 Å². The zero-order chi connectivity index (χ0) is 17.6. The van der Waals surface area contributed by atoms with Gasteiger partial charge >= 0.3 is 0 Å². The molecule has 2 aromatic heterocycles. The fourth-order valence-electron chi connectivity index (χ4n) is 2.08. The van der Waals surface area contributed by atoms with Gasteiger partial charge < -0.3 is 9.32 Å². The molecule has 1 amide bonds. The second-order valence-corrected chi connectivity index (χ2v) is 7.02. The van der Waals surface area contributed by atoms with Crippen LogP contribution in [0, 0.1) is 0 Å². The monoisotopic (exact) mass is 418 g/mol. The summed E-state index contributed by atoms with van der Waals surface area (Å²) in [6.07, 6.45) is 3.32. The molecule has 0 atom stereocenters. The number of rotatable bonds is 6. The van der Waals surface area contributed by atoms with Gasteiger partial charge in [0.2, 0.25) is 11.8 Å². The minimum atomic E-state index is -0.00980. The maximum absolute atomic E-state index is 12.3. The molecule has 0 N–H and O–H groups in total. The minimum absolute atomic E-state index is 0.00980. The third-order valence-electron chi connectivity index (χ3n) is 3.44. The summed E-state index contributed by atoms with van der Waals surface area (Å²) in [6, 6.07) is 11.4. The number of benzene rings is 1. The number of carbonyl (C=O) groups is 1. The Kier molecular flexibility index (Phi) is 5.83. The maximum Gasteiger partial charge on any atom is 0.277 e. The Hall–Kier alpha value is -2.19. The van der Waals surface area contributed by atoms with E-state index in [1.54, 1.807) is 36.5 Å².